The number of thioether (sulfide) groups is 1. The van der Waals surface area contributed by atoms with Gasteiger partial charge in [0, 0.05) is 55.6 Å². The van der Waals surface area contributed by atoms with Crippen molar-refractivity contribution < 1.29 is 0 Å². The molecule has 3 saturated heterocycles. The third-order valence-corrected chi connectivity index (χ3v) is 6.40. The number of pyridine rings is 1. The van der Waals surface area contributed by atoms with Gasteiger partial charge >= 0.3 is 0 Å². The summed E-state index contributed by atoms with van der Waals surface area (Å²) in [6.45, 7) is 5.91. The first-order chi connectivity index (χ1) is 12.4. The molecule has 0 N–H and O–H groups in total. The second-order valence-corrected chi connectivity index (χ2v) is 8.44. The van der Waals surface area contributed by atoms with Crippen LogP contribution in [0.25, 0.3) is 0 Å². The van der Waals surface area contributed by atoms with Crippen LogP contribution >= 0.6 is 11.8 Å². The number of benzene rings is 1. The number of aromatic nitrogens is 1. The number of rotatable bonds is 6. The number of nitrogens with zero attached hydrogens (tertiary/aromatic N) is 3. The first-order valence-electron chi connectivity index (χ1n) is 9.41. The van der Waals surface area contributed by atoms with Gasteiger partial charge in [-0.2, -0.15) is 0 Å². The molecule has 4 heterocycles. The summed E-state index contributed by atoms with van der Waals surface area (Å²) < 4.78 is 0. The summed E-state index contributed by atoms with van der Waals surface area (Å²) in [6, 6.07) is 17.8. The fourth-order valence-corrected chi connectivity index (χ4v) is 5.11. The van der Waals surface area contributed by atoms with Crippen LogP contribution in [0.5, 0.6) is 0 Å². The van der Waals surface area contributed by atoms with Crippen LogP contribution in [0.4, 0.5) is 0 Å². The van der Waals surface area contributed by atoms with E-state index in [-0.39, 0.29) is 0 Å². The van der Waals surface area contributed by atoms with E-state index in [0.29, 0.717) is 0 Å². The quantitative estimate of drug-likeness (QED) is 0.736. The Balaban J connectivity index is 1.32. The maximum atomic E-state index is 4.52. The van der Waals surface area contributed by atoms with Gasteiger partial charge in [0.15, 0.2) is 0 Å². The topological polar surface area (TPSA) is 19.4 Å². The highest BCUT2D eigenvalue weighted by molar-refractivity contribution is 7.99. The van der Waals surface area contributed by atoms with Crippen LogP contribution in [0.3, 0.4) is 0 Å². The van der Waals surface area contributed by atoms with Gasteiger partial charge in [-0.05, 0) is 43.0 Å². The van der Waals surface area contributed by atoms with Gasteiger partial charge in [-0.25, -0.2) is 0 Å². The zero-order valence-electron chi connectivity index (χ0n) is 14.8. The van der Waals surface area contributed by atoms with Gasteiger partial charge in [0.25, 0.3) is 0 Å². The second-order valence-electron chi connectivity index (χ2n) is 7.27. The normalized spacial score (nSPS) is 24.3. The molecule has 3 fully saturated rings. The molecular formula is C21H27N3S. The standard InChI is InChI=1S/C21H27N3S/c1-2-7-21(8-3-1)25-13-12-24-15-18-9-10-20(24)17-23(14-18)16-19-6-4-5-11-22-19/h1-8,11,18,20H,9-10,12-17H2/t18-,20+/m0/s1. The van der Waals surface area contributed by atoms with E-state index in [1.165, 1.54) is 55.4 Å². The fourth-order valence-electron chi connectivity index (χ4n) is 4.20. The summed E-state index contributed by atoms with van der Waals surface area (Å²) in [5.74, 6) is 2.01. The van der Waals surface area contributed by atoms with Crippen molar-refractivity contribution in [3.63, 3.8) is 0 Å². The molecule has 132 valence electrons. The third kappa shape index (κ3) is 4.63. The molecule has 3 nitrogen and oxygen atoms in total. The van der Waals surface area contributed by atoms with E-state index >= 15 is 0 Å². The first-order valence-corrected chi connectivity index (χ1v) is 10.4. The predicted molar refractivity (Wildman–Crippen MR) is 105 cm³/mol. The van der Waals surface area contributed by atoms with E-state index < -0.39 is 0 Å². The van der Waals surface area contributed by atoms with Crippen LogP contribution in [0.1, 0.15) is 18.5 Å². The minimum absolute atomic E-state index is 0.721. The Morgan fingerprint density at radius 1 is 0.960 bits per heavy atom. The van der Waals surface area contributed by atoms with Gasteiger partial charge in [-0.3, -0.25) is 14.8 Å². The van der Waals surface area contributed by atoms with Crippen LogP contribution in [0.2, 0.25) is 0 Å². The second kappa shape index (κ2) is 8.35. The highest BCUT2D eigenvalue weighted by Crippen LogP contribution is 2.29. The molecule has 3 aliphatic rings. The molecule has 0 unspecified atom stereocenters. The van der Waals surface area contributed by atoms with Crippen molar-refractivity contribution in [1.82, 2.24) is 14.8 Å². The third-order valence-electron chi connectivity index (χ3n) is 5.40. The summed E-state index contributed by atoms with van der Waals surface area (Å²) >= 11 is 1.99. The molecule has 1 aromatic heterocycles. The van der Waals surface area contributed by atoms with Gasteiger partial charge in [-0.15, -0.1) is 11.8 Å². The summed E-state index contributed by atoms with van der Waals surface area (Å²) in [4.78, 5) is 11.3. The Hall–Kier alpha value is -1.36. The van der Waals surface area contributed by atoms with Crippen LogP contribution in [0.15, 0.2) is 59.6 Å². The van der Waals surface area contributed by atoms with Gasteiger partial charge in [0.1, 0.15) is 0 Å². The van der Waals surface area contributed by atoms with Crippen molar-refractivity contribution in [2.45, 2.75) is 30.3 Å². The summed E-state index contributed by atoms with van der Waals surface area (Å²) in [5, 5.41) is 0. The van der Waals surface area contributed by atoms with E-state index in [4.69, 9.17) is 0 Å². The van der Waals surface area contributed by atoms with E-state index in [2.05, 4.69) is 57.2 Å². The summed E-state index contributed by atoms with van der Waals surface area (Å²) in [5.41, 5.74) is 1.20. The molecule has 2 atom stereocenters. The van der Waals surface area contributed by atoms with Crippen molar-refractivity contribution >= 4 is 11.8 Å². The van der Waals surface area contributed by atoms with Crippen LogP contribution in [0, 0.1) is 5.92 Å². The summed E-state index contributed by atoms with van der Waals surface area (Å²) in [6.07, 6.45) is 4.67. The zero-order chi connectivity index (χ0) is 16.9. The lowest BCUT2D eigenvalue weighted by molar-refractivity contribution is 0.139. The number of piperidine rings is 1. The molecule has 3 aliphatic heterocycles. The number of hydrogen-bond donors (Lipinski definition) is 0. The average molecular weight is 354 g/mol. The predicted octanol–water partition coefficient (Wildman–Crippen LogP) is 3.77. The van der Waals surface area contributed by atoms with Crippen LogP contribution in [-0.4, -0.2) is 52.8 Å². The molecule has 5 rings (SSSR count). The SMILES string of the molecule is c1ccc(SCCN2C[C@H]3CC[C@@H]2CN(Cc2ccccn2)C3)cc1. The number of fused-ring (bicyclic) bond motifs is 4. The van der Waals surface area contributed by atoms with Gasteiger partial charge < -0.3 is 0 Å². The monoisotopic (exact) mass is 353 g/mol. The minimum Gasteiger partial charge on any atom is -0.298 e. The molecule has 4 heteroatoms. The van der Waals surface area contributed by atoms with E-state index in [1.807, 2.05) is 24.0 Å². The molecule has 0 radical (unpaired) electrons. The Labute approximate surface area is 155 Å². The summed E-state index contributed by atoms with van der Waals surface area (Å²) in [7, 11) is 0. The van der Waals surface area contributed by atoms with Crippen molar-refractivity contribution in [3.05, 3.63) is 60.4 Å². The fraction of sp³-hybridized carbons (Fsp3) is 0.476. The van der Waals surface area contributed by atoms with Crippen LogP contribution < -0.4 is 0 Å². The molecule has 2 aromatic rings. The molecule has 1 aromatic carbocycles. The Morgan fingerprint density at radius 2 is 1.84 bits per heavy atom. The first kappa shape index (κ1) is 17.1. The lowest BCUT2D eigenvalue weighted by Gasteiger charge is -2.36. The molecular weight excluding hydrogens is 326 g/mol. The number of hydrogen-bond acceptors (Lipinski definition) is 4. The Morgan fingerprint density at radius 3 is 2.68 bits per heavy atom. The minimum atomic E-state index is 0.721. The highest BCUT2D eigenvalue weighted by atomic mass is 32.2. The Bertz CT molecular complexity index is 649. The maximum absolute atomic E-state index is 4.52. The van der Waals surface area contributed by atoms with Gasteiger partial charge in [0.2, 0.25) is 0 Å². The van der Waals surface area contributed by atoms with Crippen molar-refractivity contribution in [2.24, 2.45) is 5.92 Å². The highest BCUT2D eigenvalue weighted by Gasteiger charge is 2.34. The Kier molecular flexibility index (Phi) is 5.70. The lowest BCUT2D eigenvalue weighted by atomic mass is 9.95. The molecule has 0 saturated carbocycles. The smallest absolute Gasteiger partial charge is 0.0543 e. The maximum Gasteiger partial charge on any atom is 0.0543 e. The molecule has 0 amide bonds. The van der Waals surface area contributed by atoms with Crippen molar-refractivity contribution in [1.29, 1.82) is 0 Å². The van der Waals surface area contributed by atoms with Crippen LogP contribution in [-0.2, 0) is 6.54 Å². The molecule has 2 bridgehead atoms. The molecule has 0 aliphatic carbocycles. The average Bonchev–Trinajstić information content (AvgIpc) is 2.94. The zero-order valence-corrected chi connectivity index (χ0v) is 15.6. The van der Waals surface area contributed by atoms with E-state index in [0.717, 1.165) is 18.5 Å². The van der Waals surface area contributed by atoms with E-state index in [9.17, 15) is 0 Å². The molecule has 0 spiro atoms. The lowest BCUT2D eigenvalue weighted by Crippen LogP contribution is -2.44. The van der Waals surface area contributed by atoms with Gasteiger partial charge in [0.05, 0.1) is 5.69 Å². The van der Waals surface area contributed by atoms with E-state index in [1.54, 1.807) is 0 Å². The van der Waals surface area contributed by atoms with Gasteiger partial charge in [-0.1, -0.05) is 24.3 Å². The van der Waals surface area contributed by atoms with Crippen molar-refractivity contribution in [2.75, 3.05) is 31.9 Å². The van der Waals surface area contributed by atoms with Crippen molar-refractivity contribution in [3.8, 4) is 0 Å². The molecule has 25 heavy (non-hydrogen) atoms. The largest absolute Gasteiger partial charge is 0.298 e.